The fourth-order valence-corrected chi connectivity index (χ4v) is 3.05. The molecule has 1 rings (SSSR count). The molecule has 0 saturated carbocycles. The van der Waals surface area contributed by atoms with E-state index in [0.29, 0.717) is 5.69 Å². The topological polar surface area (TPSA) is 115 Å². The number of amides is 1. The van der Waals surface area contributed by atoms with E-state index in [1.54, 1.807) is 0 Å². The van der Waals surface area contributed by atoms with E-state index in [1.165, 1.54) is 29.2 Å². The van der Waals surface area contributed by atoms with E-state index in [2.05, 4.69) is 13.2 Å². The molecule has 0 fully saturated rings. The lowest BCUT2D eigenvalue weighted by Crippen LogP contribution is -2.38. The van der Waals surface area contributed by atoms with Crippen molar-refractivity contribution in [2.24, 2.45) is 0 Å². The molecule has 0 heterocycles. The molecule has 1 amide bonds. The lowest BCUT2D eigenvalue weighted by molar-refractivity contribution is 0.0775. The number of nitrogens with two attached hydrogens (primary N) is 1. The van der Waals surface area contributed by atoms with E-state index in [4.69, 9.17) is 5.73 Å². The molecule has 0 aliphatic heterocycles. The van der Waals surface area contributed by atoms with Crippen molar-refractivity contribution in [3.63, 3.8) is 0 Å². The van der Waals surface area contributed by atoms with Crippen molar-refractivity contribution in [3.05, 3.63) is 53.8 Å². The van der Waals surface area contributed by atoms with Gasteiger partial charge in [-0.3, -0.25) is 4.79 Å². The number of hydrogen-bond acceptors (Lipinski definition) is 6. The molecule has 0 bridgehead atoms. The van der Waals surface area contributed by atoms with Gasteiger partial charge >= 0.3 is 0 Å². The first-order chi connectivity index (χ1) is 11.1. The second kappa shape index (κ2) is 8.11. The minimum Gasteiger partial charge on any atom is -0.399 e. The summed E-state index contributed by atoms with van der Waals surface area (Å²) in [6.07, 6.45) is 0. The zero-order valence-electron chi connectivity index (χ0n) is 13.1. The molecule has 7 nitrogen and oxygen atoms in total. The summed E-state index contributed by atoms with van der Waals surface area (Å²) in [7, 11) is -7.03. The molecule has 1 aromatic rings. The first-order valence-corrected chi connectivity index (χ1v) is 10.4. The van der Waals surface area contributed by atoms with Gasteiger partial charge in [-0.2, -0.15) is 0 Å². The third-order valence-corrected chi connectivity index (χ3v) is 5.76. The minimum atomic E-state index is -3.52. The molecule has 0 radical (unpaired) electrons. The van der Waals surface area contributed by atoms with Crippen LogP contribution in [0, 0.1) is 0 Å². The second-order valence-corrected chi connectivity index (χ2v) is 9.12. The van der Waals surface area contributed by atoms with Gasteiger partial charge in [0, 0.05) is 35.2 Å². The molecular weight excluding hydrogens is 352 g/mol. The Hall–Kier alpha value is -2.13. The molecule has 9 heteroatoms. The average Bonchev–Trinajstić information content (AvgIpc) is 2.55. The molecule has 24 heavy (non-hydrogen) atoms. The highest BCUT2D eigenvalue weighted by Gasteiger charge is 2.20. The lowest BCUT2D eigenvalue weighted by atomic mass is 10.2. The maximum absolute atomic E-state index is 12.5. The summed E-state index contributed by atoms with van der Waals surface area (Å²) >= 11 is 0. The maximum Gasteiger partial charge on any atom is 0.253 e. The maximum atomic E-state index is 12.5. The third kappa shape index (κ3) is 6.17. The van der Waals surface area contributed by atoms with Gasteiger partial charge < -0.3 is 10.6 Å². The van der Waals surface area contributed by atoms with Crippen molar-refractivity contribution in [2.45, 2.75) is 0 Å². The van der Waals surface area contributed by atoms with Gasteiger partial charge in [-0.15, -0.1) is 0 Å². The van der Waals surface area contributed by atoms with Gasteiger partial charge in [0.25, 0.3) is 5.91 Å². The predicted molar refractivity (Wildman–Crippen MR) is 94.7 cm³/mol. The van der Waals surface area contributed by atoms with E-state index < -0.39 is 25.6 Å². The fraction of sp³-hybridized carbons (Fsp3) is 0.267. The minimum absolute atomic E-state index is 0.149. The number of anilines is 1. The summed E-state index contributed by atoms with van der Waals surface area (Å²) in [6, 6.07) is 6.06. The molecule has 0 spiro atoms. The largest absolute Gasteiger partial charge is 0.399 e. The summed E-state index contributed by atoms with van der Waals surface area (Å²) in [5, 5.41) is 1.61. The number of rotatable bonds is 9. The fourth-order valence-electron chi connectivity index (χ4n) is 1.76. The molecule has 1 aromatic carbocycles. The van der Waals surface area contributed by atoms with E-state index in [9.17, 15) is 21.6 Å². The van der Waals surface area contributed by atoms with Gasteiger partial charge in [-0.25, -0.2) is 16.8 Å². The highest BCUT2D eigenvalue weighted by molar-refractivity contribution is 7.94. The van der Waals surface area contributed by atoms with Gasteiger partial charge in [-0.1, -0.05) is 13.2 Å². The van der Waals surface area contributed by atoms with Crippen molar-refractivity contribution in [1.29, 1.82) is 0 Å². The molecule has 0 aromatic heterocycles. The van der Waals surface area contributed by atoms with Crippen LogP contribution >= 0.6 is 0 Å². The molecule has 132 valence electrons. The van der Waals surface area contributed by atoms with Crippen LogP contribution in [0.15, 0.2) is 48.2 Å². The quantitative estimate of drug-likeness (QED) is 0.642. The standard InChI is InChI=1S/C15H20N2O5S2/c1-3-23(19,20)11-9-17(10-12-24(21,22)4-2)15(18)13-5-7-14(16)8-6-13/h3-8H,1-2,9-12,16H2. The Labute approximate surface area is 142 Å². The molecule has 0 unspecified atom stereocenters. The van der Waals surface area contributed by atoms with E-state index in [0.717, 1.165) is 10.8 Å². The molecular formula is C15H20N2O5S2. The second-order valence-electron chi connectivity index (χ2n) is 4.98. The number of carbonyl (C=O) groups is 1. The highest BCUT2D eigenvalue weighted by atomic mass is 32.2. The summed E-state index contributed by atoms with van der Waals surface area (Å²) < 4.78 is 46.2. The zero-order valence-corrected chi connectivity index (χ0v) is 14.7. The Morgan fingerprint density at radius 2 is 1.38 bits per heavy atom. The third-order valence-electron chi connectivity index (χ3n) is 3.24. The summed E-state index contributed by atoms with van der Waals surface area (Å²) in [4.78, 5) is 13.7. The number of sulfone groups is 2. The van der Waals surface area contributed by atoms with Crippen LogP contribution in [0.25, 0.3) is 0 Å². The number of nitrogens with zero attached hydrogens (tertiary/aromatic N) is 1. The summed E-state index contributed by atoms with van der Waals surface area (Å²) in [5.41, 5.74) is 6.33. The molecule has 0 aliphatic carbocycles. The van der Waals surface area contributed by atoms with Crippen LogP contribution in [0.4, 0.5) is 5.69 Å². The summed E-state index contributed by atoms with van der Waals surface area (Å²) in [5.74, 6) is -1.16. The normalized spacial score (nSPS) is 11.7. The Morgan fingerprint density at radius 3 is 1.75 bits per heavy atom. The van der Waals surface area contributed by atoms with Crippen molar-refractivity contribution < 1.29 is 21.6 Å². The highest BCUT2D eigenvalue weighted by Crippen LogP contribution is 2.10. The van der Waals surface area contributed by atoms with E-state index in [1.807, 2.05) is 0 Å². The number of benzene rings is 1. The Kier molecular flexibility index (Phi) is 6.73. The van der Waals surface area contributed by atoms with Crippen LogP contribution in [0.3, 0.4) is 0 Å². The Balaban J connectivity index is 2.98. The van der Waals surface area contributed by atoms with Crippen molar-refractivity contribution in [3.8, 4) is 0 Å². The lowest BCUT2D eigenvalue weighted by Gasteiger charge is -2.22. The van der Waals surface area contributed by atoms with Crippen LogP contribution in [0.2, 0.25) is 0 Å². The number of nitrogen functional groups attached to an aromatic ring is 1. The van der Waals surface area contributed by atoms with Crippen LogP contribution in [0.5, 0.6) is 0 Å². The molecule has 2 N–H and O–H groups in total. The van der Waals surface area contributed by atoms with Crippen molar-refractivity contribution in [1.82, 2.24) is 4.90 Å². The molecule has 0 aliphatic rings. The van der Waals surface area contributed by atoms with E-state index >= 15 is 0 Å². The Bertz CT molecular complexity index is 770. The summed E-state index contributed by atoms with van der Waals surface area (Å²) in [6.45, 7) is 6.12. The van der Waals surface area contributed by atoms with Crippen LogP contribution in [-0.2, 0) is 19.7 Å². The van der Waals surface area contributed by atoms with Crippen LogP contribution < -0.4 is 5.73 Å². The average molecular weight is 372 g/mol. The first kappa shape index (κ1) is 19.9. The zero-order chi connectivity index (χ0) is 18.4. The monoisotopic (exact) mass is 372 g/mol. The van der Waals surface area contributed by atoms with Crippen LogP contribution in [0.1, 0.15) is 10.4 Å². The van der Waals surface area contributed by atoms with Crippen molar-refractivity contribution >= 4 is 31.3 Å². The number of hydrogen-bond donors (Lipinski definition) is 1. The van der Waals surface area contributed by atoms with Gasteiger partial charge in [0.05, 0.1) is 11.5 Å². The smallest absolute Gasteiger partial charge is 0.253 e. The molecule has 0 saturated heterocycles. The van der Waals surface area contributed by atoms with Gasteiger partial charge in [0.15, 0.2) is 19.7 Å². The molecule has 0 atom stereocenters. The predicted octanol–water partition coefficient (Wildman–Crippen LogP) is 0.828. The first-order valence-electron chi connectivity index (χ1n) is 6.95. The van der Waals surface area contributed by atoms with Gasteiger partial charge in [0.1, 0.15) is 0 Å². The van der Waals surface area contributed by atoms with Gasteiger partial charge in [-0.05, 0) is 24.3 Å². The van der Waals surface area contributed by atoms with Gasteiger partial charge in [0.2, 0.25) is 0 Å². The van der Waals surface area contributed by atoms with Crippen LogP contribution in [-0.4, -0.2) is 52.2 Å². The Morgan fingerprint density at radius 1 is 0.958 bits per heavy atom. The van der Waals surface area contributed by atoms with Crippen molar-refractivity contribution in [2.75, 3.05) is 30.3 Å². The SMILES string of the molecule is C=CS(=O)(=O)CCN(CCS(=O)(=O)C=C)C(=O)c1ccc(N)cc1. The van der Waals surface area contributed by atoms with E-state index in [-0.39, 0.29) is 30.2 Å². The number of carbonyl (C=O) groups excluding carboxylic acids is 1.